The Kier molecular flexibility index (Phi) is 5.54. The third-order valence-corrected chi connectivity index (χ3v) is 5.48. The molecule has 2 aromatic heterocycles. The molecule has 4 rings (SSSR count). The lowest BCUT2D eigenvalue weighted by atomic mass is 10.1. The number of imidazole rings is 1. The van der Waals surface area contributed by atoms with Crippen molar-refractivity contribution in [1.29, 1.82) is 0 Å². The van der Waals surface area contributed by atoms with Crippen molar-refractivity contribution >= 4 is 28.2 Å². The van der Waals surface area contributed by atoms with Gasteiger partial charge in [0.2, 0.25) is 0 Å². The monoisotopic (exact) mass is 420 g/mol. The van der Waals surface area contributed by atoms with Gasteiger partial charge in [-0.3, -0.25) is 9.20 Å². The Balaban J connectivity index is 1.70. The van der Waals surface area contributed by atoms with Gasteiger partial charge in [0, 0.05) is 22.7 Å². The Morgan fingerprint density at radius 1 is 1.00 bits per heavy atom. The highest BCUT2D eigenvalue weighted by Gasteiger charge is 2.14. The molecule has 152 valence electrons. The number of thiazole rings is 1. The summed E-state index contributed by atoms with van der Waals surface area (Å²) in [5.74, 6) is 1.73. The molecule has 4 aromatic rings. The Morgan fingerprint density at radius 3 is 2.47 bits per heavy atom. The molecule has 0 aliphatic carbocycles. The maximum absolute atomic E-state index is 12.8. The summed E-state index contributed by atoms with van der Waals surface area (Å²) in [6, 6.07) is 12.8. The average Bonchev–Trinajstić information content (AvgIpc) is 3.38. The summed E-state index contributed by atoms with van der Waals surface area (Å²) in [6.07, 6.45) is 5.29. The number of hydrogen-bond acceptors (Lipinski definition) is 6. The van der Waals surface area contributed by atoms with Crippen LogP contribution in [-0.4, -0.2) is 36.5 Å². The molecule has 0 bridgehead atoms. The van der Waals surface area contributed by atoms with Crippen LogP contribution in [0.1, 0.15) is 16.1 Å². The molecule has 2 aromatic carbocycles. The van der Waals surface area contributed by atoms with Crippen molar-refractivity contribution in [3.05, 3.63) is 71.4 Å². The summed E-state index contributed by atoms with van der Waals surface area (Å²) in [5.41, 5.74) is 3.11. The lowest BCUT2D eigenvalue weighted by molar-refractivity contribution is 0.104. The van der Waals surface area contributed by atoms with E-state index in [0.717, 1.165) is 27.7 Å². The van der Waals surface area contributed by atoms with Gasteiger partial charge < -0.3 is 14.2 Å². The van der Waals surface area contributed by atoms with Crippen LogP contribution in [0.3, 0.4) is 0 Å². The lowest BCUT2D eigenvalue weighted by Gasteiger charge is -2.08. The Morgan fingerprint density at radius 2 is 1.77 bits per heavy atom. The number of carbonyl (C=O) groups excluding carboxylic acids is 1. The topological polar surface area (TPSA) is 62.1 Å². The number of fused-ring (bicyclic) bond motifs is 1. The van der Waals surface area contributed by atoms with Crippen LogP contribution in [0.25, 0.3) is 22.3 Å². The fourth-order valence-electron chi connectivity index (χ4n) is 3.16. The van der Waals surface area contributed by atoms with Gasteiger partial charge in [0.1, 0.15) is 5.75 Å². The Hall–Kier alpha value is -3.58. The number of aromatic nitrogens is 2. The minimum Gasteiger partial charge on any atom is -0.497 e. The van der Waals surface area contributed by atoms with Gasteiger partial charge in [0.25, 0.3) is 0 Å². The minimum atomic E-state index is -0.137. The van der Waals surface area contributed by atoms with Gasteiger partial charge in [-0.25, -0.2) is 4.98 Å². The molecule has 0 fully saturated rings. The molecule has 0 N–H and O–H groups in total. The maximum atomic E-state index is 12.8. The second-order valence-corrected chi connectivity index (χ2v) is 7.27. The second kappa shape index (κ2) is 8.42. The number of carbonyl (C=O) groups is 1. The van der Waals surface area contributed by atoms with Gasteiger partial charge in [0.05, 0.1) is 32.7 Å². The van der Waals surface area contributed by atoms with Crippen molar-refractivity contribution in [3.63, 3.8) is 0 Å². The van der Waals surface area contributed by atoms with Gasteiger partial charge in [-0.2, -0.15) is 0 Å². The van der Waals surface area contributed by atoms with Crippen LogP contribution >= 0.6 is 11.3 Å². The molecule has 0 aliphatic heterocycles. The number of hydrogen-bond donors (Lipinski definition) is 0. The molecular weight excluding hydrogens is 400 g/mol. The first-order valence-electron chi connectivity index (χ1n) is 9.19. The highest BCUT2D eigenvalue weighted by Crippen LogP contribution is 2.30. The Bertz CT molecular complexity index is 1220. The van der Waals surface area contributed by atoms with Crippen LogP contribution in [0.15, 0.2) is 60.1 Å². The summed E-state index contributed by atoms with van der Waals surface area (Å²) in [7, 11) is 4.74. The van der Waals surface area contributed by atoms with E-state index in [0.29, 0.717) is 17.1 Å². The van der Waals surface area contributed by atoms with E-state index in [1.807, 2.05) is 40.2 Å². The van der Waals surface area contributed by atoms with Crippen LogP contribution < -0.4 is 14.2 Å². The summed E-state index contributed by atoms with van der Waals surface area (Å²) in [4.78, 5) is 18.4. The third-order valence-electron chi connectivity index (χ3n) is 4.72. The van der Waals surface area contributed by atoms with Crippen molar-refractivity contribution in [2.75, 3.05) is 21.3 Å². The molecule has 0 saturated heterocycles. The van der Waals surface area contributed by atoms with Crippen LogP contribution in [0, 0.1) is 0 Å². The number of nitrogens with zero attached hydrogens (tertiary/aromatic N) is 2. The fourth-order valence-corrected chi connectivity index (χ4v) is 3.89. The first kappa shape index (κ1) is 19.7. The number of benzene rings is 2. The van der Waals surface area contributed by atoms with E-state index in [1.54, 1.807) is 63.0 Å². The average molecular weight is 420 g/mol. The molecule has 30 heavy (non-hydrogen) atoms. The van der Waals surface area contributed by atoms with E-state index < -0.39 is 0 Å². The standard InChI is InChI=1S/C23H20N2O4S/c1-27-17-7-4-15(5-8-17)22-18(25-12-13-30-23(25)24-22)9-10-19(26)16-6-11-20(28-2)21(14-16)29-3/h4-14H,1-3H3/b10-9+. The smallest absolute Gasteiger partial charge is 0.194 e. The molecule has 7 heteroatoms. The van der Waals surface area contributed by atoms with Crippen molar-refractivity contribution in [1.82, 2.24) is 9.38 Å². The maximum Gasteiger partial charge on any atom is 0.194 e. The largest absolute Gasteiger partial charge is 0.497 e. The van der Waals surface area contributed by atoms with E-state index in [2.05, 4.69) is 0 Å². The van der Waals surface area contributed by atoms with Crippen LogP contribution in [-0.2, 0) is 0 Å². The molecule has 6 nitrogen and oxygen atoms in total. The molecular formula is C23H20N2O4S. The predicted molar refractivity (Wildman–Crippen MR) is 118 cm³/mol. The van der Waals surface area contributed by atoms with E-state index in [1.165, 1.54) is 0 Å². The minimum absolute atomic E-state index is 0.137. The van der Waals surface area contributed by atoms with Gasteiger partial charge >= 0.3 is 0 Å². The zero-order valence-corrected chi connectivity index (χ0v) is 17.6. The summed E-state index contributed by atoms with van der Waals surface area (Å²) >= 11 is 1.54. The zero-order chi connectivity index (χ0) is 21.1. The van der Waals surface area contributed by atoms with Crippen molar-refractivity contribution < 1.29 is 19.0 Å². The van der Waals surface area contributed by atoms with Crippen molar-refractivity contribution in [2.24, 2.45) is 0 Å². The van der Waals surface area contributed by atoms with E-state index in [9.17, 15) is 4.79 Å². The molecule has 0 spiro atoms. The van der Waals surface area contributed by atoms with Gasteiger partial charge in [-0.1, -0.05) is 0 Å². The van der Waals surface area contributed by atoms with Crippen LogP contribution in [0.2, 0.25) is 0 Å². The van der Waals surface area contributed by atoms with E-state index in [-0.39, 0.29) is 5.78 Å². The van der Waals surface area contributed by atoms with E-state index >= 15 is 0 Å². The summed E-state index contributed by atoms with van der Waals surface area (Å²) < 4.78 is 17.7. The fraction of sp³-hybridized carbons (Fsp3) is 0.130. The number of allylic oxidation sites excluding steroid dienone is 1. The normalized spacial score (nSPS) is 11.2. The molecule has 0 aliphatic rings. The molecule has 2 heterocycles. The molecule has 0 atom stereocenters. The molecule has 0 unspecified atom stereocenters. The van der Waals surface area contributed by atoms with Crippen molar-refractivity contribution in [3.8, 4) is 28.5 Å². The van der Waals surface area contributed by atoms with Gasteiger partial charge in [-0.15, -0.1) is 11.3 Å². The zero-order valence-electron chi connectivity index (χ0n) is 16.8. The summed E-state index contributed by atoms with van der Waals surface area (Å²) in [6.45, 7) is 0. The van der Waals surface area contributed by atoms with Crippen LogP contribution in [0.5, 0.6) is 17.2 Å². The highest BCUT2D eigenvalue weighted by atomic mass is 32.1. The van der Waals surface area contributed by atoms with Gasteiger partial charge in [-0.05, 0) is 54.6 Å². The van der Waals surface area contributed by atoms with Crippen LogP contribution in [0.4, 0.5) is 0 Å². The number of ether oxygens (including phenoxy) is 3. The molecule has 0 amide bonds. The Labute approximate surface area is 178 Å². The summed E-state index contributed by atoms with van der Waals surface area (Å²) in [5, 5.41) is 1.97. The molecule has 0 saturated carbocycles. The predicted octanol–water partition coefficient (Wildman–Crippen LogP) is 4.98. The van der Waals surface area contributed by atoms with Crippen molar-refractivity contribution in [2.45, 2.75) is 0 Å². The number of rotatable bonds is 7. The van der Waals surface area contributed by atoms with Gasteiger partial charge in [0.15, 0.2) is 22.2 Å². The number of ketones is 1. The quantitative estimate of drug-likeness (QED) is 0.312. The second-order valence-electron chi connectivity index (χ2n) is 6.40. The van der Waals surface area contributed by atoms with E-state index in [4.69, 9.17) is 19.2 Å². The highest BCUT2D eigenvalue weighted by molar-refractivity contribution is 7.15. The molecule has 0 radical (unpaired) electrons. The lowest BCUT2D eigenvalue weighted by Crippen LogP contribution is -1.97. The first-order valence-corrected chi connectivity index (χ1v) is 10.1. The number of methoxy groups -OCH3 is 3. The third kappa shape index (κ3) is 3.67. The SMILES string of the molecule is COc1ccc(-c2nc3sccn3c2/C=C/C(=O)c2ccc(OC)c(OC)c2)cc1. The first-order chi connectivity index (χ1) is 14.6.